The Kier molecular flexibility index (Phi) is 5.57. The van der Waals surface area contributed by atoms with Gasteiger partial charge in [-0.15, -0.1) is 0 Å². The average Bonchev–Trinajstić information content (AvgIpc) is 2.95. The Morgan fingerprint density at radius 3 is 2.56 bits per heavy atom. The maximum absolute atomic E-state index is 12.8. The van der Waals surface area contributed by atoms with E-state index < -0.39 is 0 Å². The lowest BCUT2D eigenvalue weighted by Crippen LogP contribution is -2.25. The third kappa shape index (κ3) is 3.71. The standard InChI is InChI=1S/C21H21NO5/c1-14(23)22-17-7-5-4-6-16(17)21(24)18(22)12-15-8-9-19(20(13-15)26-3)27-11-10-25-2/h4-9,12-13H,10-11H2,1-3H3. The molecule has 0 N–H and O–H groups in total. The van der Waals surface area contributed by atoms with E-state index in [4.69, 9.17) is 14.2 Å². The number of amides is 1. The molecule has 1 heterocycles. The van der Waals surface area contributed by atoms with Crippen LogP contribution in [0.25, 0.3) is 6.08 Å². The van der Waals surface area contributed by atoms with Crippen molar-refractivity contribution in [2.75, 3.05) is 32.3 Å². The fourth-order valence-corrected chi connectivity index (χ4v) is 2.99. The predicted octanol–water partition coefficient (Wildman–Crippen LogP) is 3.31. The van der Waals surface area contributed by atoms with E-state index in [0.29, 0.717) is 41.7 Å². The van der Waals surface area contributed by atoms with Gasteiger partial charge in [-0.05, 0) is 35.9 Å². The van der Waals surface area contributed by atoms with E-state index in [-0.39, 0.29) is 11.7 Å². The monoisotopic (exact) mass is 367 g/mol. The topological polar surface area (TPSA) is 65.1 Å². The van der Waals surface area contributed by atoms with Crippen molar-refractivity contribution in [2.45, 2.75) is 6.92 Å². The first-order valence-electron chi connectivity index (χ1n) is 8.52. The van der Waals surface area contributed by atoms with Crippen molar-refractivity contribution >= 4 is 23.5 Å². The summed E-state index contributed by atoms with van der Waals surface area (Å²) in [4.78, 5) is 26.4. The molecule has 140 valence electrons. The van der Waals surface area contributed by atoms with E-state index in [9.17, 15) is 9.59 Å². The zero-order valence-electron chi connectivity index (χ0n) is 15.5. The minimum Gasteiger partial charge on any atom is -0.493 e. The molecule has 1 aliphatic rings. The van der Waals surface area contributed by atoms with Crippen molar-refractivity contribution in [1.82, 2.24) is 0 Å². The largest absolute Gasteiger partial charge is 0.493 e. The van der Waals surface area contributed by atoms with E-state index in [1.165, 1.54) is 11.8 Å². The number of anilines is 1. The summed E-state index contributed by atoms with van der Waals surface area (Å²) < 4.78 is 16.0. The average molecular weight is 367 g/mol. The molecule has 0 aromatic heterocycles. The Hall–Kier alpha value is -3.12. The SMILES string of the molecule is COCCOc1ccc(C=C2C(=O)c3ccccc3N2C(C)=O)cc1OC. The third-order valence-corrected chi connectivity index (χ3v) is 4.21. The number of ketones is 1. The number of allylic oxidation sites excluding steroid dienone is 1. The first-order valence-corrected chi connectivity index (χ1v) is 8.52. The summed E-state index contributed by atoms with van der Waals surface area (Å²) in [6.07, 6.45) is 1.69. The van der Waals surface area contributed by atoms with E-state index in [0.717, 1.165) is 5.56 Å². The van der Waals surface area contributed by atoms with Crippen molar-refractivity contribution in [3.63, 3.8) is 0 Å². The summed E-state index contributed by atoms with van der Waals surface area (Å²) in [5, 5.41) is 0. The van der Waals surface area contributed by atoms with Gasteiger partial charge in [0.2, 0.25) is 11.7 Å². The fourth-order valence-electron chi connectivity index (χ4n) is 2.99. The Balaban J connectivity index is 1.96. The quantitative estimate of drug-likeness (QED) is 0.579. The molecule has 2 aromatic rings. The number of methoxy groups -OCH3 is 2. The van der Waals surface area contributed by atoms with Crippen LogP contribution in [0.15, 0.2) is 48.2 Å². The van der Waals surface area contributed by atoms with Crippen molar-refractivity contribution in [3.8, 4) is 11.5 Å². The lowest BCUT2D eigenvalue weighted by Gasteiger charge is -2.16. The van der Waals surface area contributed by atoms with Crippen molar-refractivity contribution < 1.29 is 23.8 Å². The molecule has 0 radical (unpaired) electrons. The number of Topliss-reactive ketones (excluding diaryl/α,β-unsaturated/α-hetero) is 1. The van der Waals surface area contributed by atoms with Crippen LogP contribution in [0.1, 0.15) is 22.8 Å². The highest BCUT2D eigenvalue weighted by molar-refractivity contribution is 6.26. The van der Waals surface area contributed by atoms with Gasteiger partial charge in [-0.25, -0.2) is 0 Å². The molecular formula is C21H21NO5. The third-order valence-electron chi connectivity index (χ3n) is 4.21. The molecule has 0 fully saturated rings. The van der Waals surface area contributed by atoms with Gasteiger partial charge in [-0.1, -0.05) is 18.2 Å². The Morgan fingerprint density at radius 2 is 1.85 bits per heavy atom. The van der Waals surface area contributed by atoms with E-state index in [1.807, 2.05) is 6.07 Å². The van der Waals surface area contributed by atoms with Gasteiger partial charge < -0.3 is 14.2 Å². The van der Waals surface area contributed by atoms with E-state index in [2.05, 4.69) is 0 Å². The van der Waals surface area contributed by atoms with Gasteiger partial charge in [0.05, 0.1) is 25.1 Å². The summed E-state index contributed by atoms with van der Waals surface area (Å²) in [5.74, 6) is 0.727. The highest BCUT2D eigenvalue weighted by Crippen LogP contribution is 2.36. The van der Waals surface area contributed by atoms with Crippen LogP contribution in [0.5, 0.6) is 11.5 Å². The number of fused-ring (bicyclic) bond motifs is 1. The number of hydrogen-bond donors (Lipinski definition) is 0. The van der Waals surface area contributed by atoms with Gasteiger partial charge in [-0.2, -0.15) is 0 Å². The summed E-state index contributed by atoms with van der Waals surface area (Å²) in [6.45, 7) is 2.31. The van der Waals surface area contributed by atoms with E-state index >= 15 is 0 Å². The van der Waals surface area contributed by atoms with Gasteiger partial charge in [-0.3, -0.25) is 14.5 Å². The second-order valence-electron chi connectivity index (χ2n) is 5.98. The van der Waals surface area contributed by atoms with Gasteiger partial charge in [0.15, 0.2) is 11.5 Å². The highest BCUT2D eigenvalue weighted by atomic mass is 16.5. The molecule has 0 unspecified atom stereocenters. The minimum atomic E-state index is -0.217. The molecule has 0 aliphatic carbocycles. The maximum atomic E-state index is 12.8. The summed E-state index contributed by atoms with van der Waals surface area (Å²) >= 11 is 0. The zero-order valence-corrected chi connectivity index (χ0v) is 15.5. The molecule has 3 rings (SSSR count). The number of carbonyl (C=O) groups excluding carboxylic acids is 2. The number of benzene rings is 2. The van der Waals surface area contributed by atoms with Gasteiger partial charge >= 0.3 is 0 Å². The number of hydrogen-bond acceptors (Lipinski definition) is 5. The van der Waals surface area contributed by atoms with Crippen LogP contribution in [-0.4, -0.2) is 39.1 Å². The second-order valence-corrected chi connectivity index (χ2v) is 5.98. The van der Waals surface area contributed by atoms with Gasteiger partial charge in [0.1, 0.15) is 6.61 Å². The molecule has 6 nitrogen and oxygen atoms in total. The first kappa shape index (κ1) is 18.7. The molecule has 0 saturated carbocycles. The smallest absolute Gasteiger partial charge is 0.228 e. The summed E-state index contributed by atoms with van der Waals surface area (Å²) in [7, 11) is 3.15. The lowest BCUT2D eigenvalue weighted by atomic mass is 10.1. The molecule has 1 amide bonds. The van der Waals surface area contributed by atoms with Crippen LogP contribution in [0, 0.1) is 0 Å². The van der Waals surface area contributed by atoms with Crippen LogP contribution in [-0.2, 0) is 9.53 Å². The van der Waals surface area contributed by atoms with Crippen LogP contribution in [0.4, 0.5) is 5.69 Å². The number of ether oxygens (including phenoxy) is 3. The Bertz CT molecular complexity index is 903. The summed E-state index contributed by atoms with van der Waals surface area (Å²) in [5.41, 5.74) is 2.17. The van der Waals surface area contributed by atoms with Gasteiger partial charge in [0.25, 0.3) is 0 Å². The Morgan fingerprint density at radius 1 is 1.07 bits per heavy atom. The number of para-hydroxylation sites is 1. The molecule has 27 heavy (non-hydrogen) atoms. The van der Waals surface area contributed by atoms with Gasteiger partial charge in [0, 0.05) is 19.6 Å². The molecule has 0 bridgehead atoms. The predicted molar refractivity (Wildman–Crippen MR) is 102 cm³/mol. The molecule has 6 heteroatoms. The maximum Gasteiger partial charge on any atom is 0.228 e. The minimum absolute atomic E-state index is 0.180. The molecule has 2 aromatic carbocycles. The summed E-state index contributed by atoms with van der Waals surface area (Å²) in [6, 6.07) is 12.4. The molecule has 0 saturated heterocycles. The Labute approximate surface area is 158 Å². The van der Waals surface area contributed by atoms with Crippen LogP contribution in [0.3, 0.4) is 0 Å². The van der Waals surface area contributed by atoms with Crippen molar-refractivity contribution in [1.29, 1.82) is 0 Å². The number of rotatable bonds is 6. The van der Waals surface area contributed by atoms with Crippen molar-refractivity contribution in [2.24, 2.45) is 0 Å². The highest BCUT2D eigenvalue weighted by Gasteiger charge is 2.34. The molecule has 1 aliphatic heterocycles. The van der Waals surface area contributed by atoms with Crippen molar-refractivity contribution in [3.05, 3.63) is 59.3 Å². The lowest BCUT2D eigenvalue weighted by molar-refractivity contribution is -0.116. The second kappa shape index (κ2) is 8.05. The van der Waals surface area contributed by atoms with Crippen LogP contribution in [0.2, 0.25) is 0 Å². The number of nitrogens with zero attached hydrogens (tertiary/aromatic N) is 1. The molecule has 0 atom stereocenters. The fraction of sp³-hybridized carbons (Fsp3) is 0.238. The van der Waals surface area contributed by atoms with Crippen LogP contribution < -0.4 is 14.4 Å². The van der Waals surface area contributed by atoms with Crippen LogP contribution >= 0.6 is 0 Å². The zero-order chi connectivity index (χ0) is 19.4. The first-order chi connectivity index (χ1) is 13.1. The normalized spacial score (nSPS) is 14.4. The van der Waals surface area contributed by atoms with E-state index in [1.54, 1.807) is 56.7 Å². The molecule has 0 spiro atoms. The molecular weight excluding hydrogens is 346 g/mol. The number of carbonyl (C=O) groups is 2.